The van der Waals surface area contributed by atoms with Gasteiger partial charge in [0.2, 0.25) is 5.43 Å². The second kappa shape index (κ2) is 13.7. The van der Waals surface area contributed by atoms with Crippen LogP contribution in [0.1, 0.15) is 41.3 Å². The summed E-state index contributed by atoms with van der Waals surface area (Å²) in [6.07, 6.45) is -6.18. The Bertz CT molecular complexity index is 1630. The van der Waals surface area contributed by atoms with E-state index in [0.717, 1.165) is 29.0 Å². The molecule has 0 unspecified atom stereocenters. The van der Waals surface area contributed by atoms with Crippen LogP contribution in [-0.2, 0) is 22.6 Å². The van der Waals surface area contributed by atoms with E-state index in [1.807, 2.05) is 0 Å². The van der Waals surface area contributed by atoms with E-state index in [2.05, 4.69) is 10.1 Å². The van der Waals surface area contributed by atoms with Crippen molar-refractivity contribution >= 4 is 28.5 Å². The number of carbonyl (C=O) groups is 2. The zero-order valence-electron chi connectivity index (χ0n) is 24.6. The van der Waals surface area contributed by atoms with Crippen molar-refractivity contribution in [3.05, 3.63) is 63.2 Å². The summed E-state index contributed by atoms with van der Waals surface area (Å²) in [5, 5.41) is 2.10. The van der Waals surface area contributed by atoms with Gasteiger partial charge in [-0.2, -0.15) is 0 Å². The van der Waals surface area contributed by atoms with Crippen LogP contribution in [0.5, 0.6) is 11.5 Å². The summed E-state index contributed by atoms with van der Waals surface area (Å²) in [5.41, 5.74) is -0.961. The van der Waals surface area contributed by atoms with Gasteiger partial charge in [-0.3, -0.25) is 14.4 Å². The number of esters is 1. The Labute approximate surface area is 253 Å². The van der Waals surface area contributed by atoms with E-state index in [1.54, 1.807) is 11.8 Å². The first kappa shape index (κ1) is 33.5. The number of benzene rings is 2. The molecule has 0 spiro atoms. The van der Waals surface area contributed by atoms with E-state index in [1.165, 1.54) is 20.1 Å². The first-order valence-corrected chi connectivity index (χ1v) is 14.0. The summed E-state index contributed by atoms with van der Waals surface area (Å²) < 4.78 is 96.1. The molecule has 45 heavy (non-hydrogen) atoms. The van der Waals surface area contributed by atoms with Gasteiger partial charge in [0.1, 0.15) is 17.0 Å². The number of piperidine rings is 1. The van der Waals surface area contributed by atoms with Gasteiger partial charge in [-0.15, -0.1) is 13.2 Å². The Morgan fingerprint density at radius 2 is 1.82 bits per heavy atom. The zero-order valence-corrected chi connectivity index (χ0v) is 24.6. The van der Waals surface area contributed by atoms with Crippen LogP contribution in [0.25, 0.3) is 10.9 Å². The highest BCUT2D eigenvalue weighted by molar-refractivity contribution is 5.99. The van der Waals surface area contributed by atoms with Crippen LogP contribution < -0.4 is 25.1 Å². The molecule has 1 amide bonds. The number of rotatable bonds is 10. The van der Waals surface area contributed by atoms with Crippen molar-refractivity contribution in [3.8, 4) is 11.5 Å². The largest absolute Gasteiger partial charge is 0.573 e. The molecule has 0 saturated carbocycles. The fourth-order valence-electron chi connectivity index (χ4n) is 5.36. The Balaban J connectivity index is 1.68. The molecule has 0 atom stereocenters. The predicted molar refractivity (Wildman–Crippen MR) is 151 cm³/mol. The number of aromatic nitrogens is 1. The minimum absolute atomic E-state index is 0.0691. The Hall–Kier alpha value is -4.43. The lowest BCUT2D eigenvalue weighted by Crippen LogP contribution is -2.38. The molecule has 2 aromatic carbocycles. The summed E-state index contributed by atoms with van der Waals surface area (Å²) in [5.74, 6) is -3.24. The number of hydrogen-bond donors (Lipinski definition) is 1. The lowest BCUT2D eigenvalue weighted by atomic mass is 9.96. The van der Waals surface area contributed by atoms with Gasteiger partial charge in [-0.1, -0.05) is 6.07 Å². The summed E-state index contributed by atoms with van der Waals surface area (Å²) in [6.45, 7) is 2.68. The molecule has 0 aliphatic carbocycles. The van der Waals surface area contributed by atoms with Crippen molar-refractivity contribution in [2.45, 2.75) is 52.6 Å². The average Bonchev–Trinajstić information content (AvgIpc) is 2.96. The highest BCUT2D eigenvalue weighted by Gasteiger charge is 2.32. The molecule has 0 radical (unpaired) electrons. The maximum absolute atomic E-state index is 15.7. The molecule has 1 saturated heterocycles. The van der Waals surface area contributed by atoms with E-state index in [4.69, 9.17) is 9.47 Å². The fourth-order valence-corrected chi connectivity index (χ4v) is 5.36. The Morgan fingerprint density at radius 3 is 2.40 bits per heavy atom. The maximum Gasteiger partial charge on any atom is 0.573 e. The molecule has 4 rings (SSSR count). The first-order chi connectivity index (χ1) is 21.2. The van der Waals surface area contributed by atoms with Crippen molar-refractivity contribution < 1.29 is 50.1 Å². The van der Waals surface area contributed by atoms with E-state index in [9.17, 15) is 36.3 Å². The topological polar surface area (TPSA) is 99.1 Å². The van der Waals surface area contributed by atoms with Gasteiger partial charge in [0, 0.05) is 25.8 Å². The molecular weight excluding hydrogens is 612 g/mol. The van der Waals surface area contributed by atoms with Gasteiger partial charge in [-0.25, -0.2) is 13.2 Å². The standard InChI is InChI=1S/C30H31F6N3O6/c1-4-44-29(42)17-7-9-38(10-8-17)25-22(31)12-20-24(27(25)43-3)39(15-23(32)33)14-21(26(20)40)28(41)37-13-18-5-6-19(11-16(18)2)45-30(34,35)36/h5-6,11-12,14,17,23H,4,7-10,13,15H2,1-3H3,(H,37,41). The third kappa shape index (κ3) is 7.63. The number of ether oxygens (including phenoxy) is 3. The summed E-state index contributed by atoms with van der Waals surface area (Å²) in [4.78, 5) is 40.4. The SMILES string of the molecule is CCOC(=O)C1CCN(c2c(F)cc3c(=O)c(C(=O)NCc4ccc(OC(F)(F)F)cc4C)cn(CC(F)F)c3c2OC)CC1. The van der Waals surface area contributed by atoms with Crippen molar-refractivity contribution in [1.82, 2.24) is 9.88 Å². The monoisotopic (exact) mass is 643 g/mol. The van der Waals surface area contributed by atoms with Crippen molar-refractivity contribution in [1.29, 1.82) is 0 Å². The molecule has 0 bridgehead atoms. The number of alkyl halides is 5. The number of methoxy groups -OCH3 is 1. The highest BCUT2D eigenvalue weighted by atomic mass is 19.4. The summed E-state index contributed by atoms with van der Waals surface area (Å²) >= 11 is 0. The number of anilines is 1. The van der Waals surface area contributed by atoms with E-state index < -0.39 is 47.8 Å². The lowest BCUT2D eigenvalue weighted by Gasteiger charge is -2.34. The normalized spacial score (nSPS) is 14.1. The molecular formula is C30H31F6N3O6. The number of halogens is 6. The van der Waals surface area contributed by atoms with Crippen molar-refractivity contribution in [2.75, 3.05) is 31.7 Å². The van der Waals surface area contributed by atoms with Gasteiger partial charge in [-0.05, 0) is 56.0 Å². The zero-order chi connectivity index (χ0) is 33.1. The van der Waals surface area contributed by atoms with Crippen LogP contribution in [0.2, 0.25) is 0 Å². The smallest absolute Gasteiger partial charge is 0.492 e. The molecule has 1 aliphatic heterocycles. The summed E-state index contributed by atoms with van der Waals surface area (Å²) in [6, 6.07) is 4.34. The summed E-state index contributed by atoms with van der Waals surface area (Å²) in [7, 11) is 1.20. The molecule has 1 aliphatic rings. The minimum Gasteiger partial charge on any atom is -0.492 e. The number of amides is 1. The molecule has 2 heterocycles. The van der Waals surface area contributed by atoms with Gasteiger partial charge < -0.3 is 29.0 Å². The number of hydrogen-bond acceptors (Lipinski definition) is 7. The predicted octanol–water partition coefficient (Wildman–Crippen LogP) is 5.33. The number of fused-ring (bicyclic) bond motifs is 1. The van der Waals surface area contributed by atoms with Crippen LogP contribution in [0, 0.1) is 18.7 Å². The molecule has 3 aromatic rings. The Kier molecular flexibility index (Phi) is 10.2. The van der Waals surface area contributed by atoms with Crippen LogP contribution in [0.4, 0.5) is 32.0 Å². The molecule has 1 N–H and O–H groups in total. The third-order valence-corrected chi connectivity index (χ3v) is 7.45. The fraction of sp³-hybridized carbons (Fsp3) is 0.433. The maximum atomic E-state index is 15.7. The number of pyridine rings is 1. The van der Waals surface area contributed by atoms with Crippen LogP contribution in [0.15, 0.2) is 35.3 Å². The molecule has 1 aromatic heterocycles. The van der Waals surface area contributed by atoms with E-state index >= 15 is 4.39 Å². The number of nitrogens with one attached hydrogen (secondary N) is 1. The van der Waals surface area contributed by atoms with Gasteiger partial charge >= 0.3 is 12.3 Å². The minimum atomic E-state index is -4.89. The van der Waals surface area contributed by atoms with E-state index in [0.29, 0.717) is 24.0 Å². The quantitative estimate of drug-likeness (QED) is 0.236. The third-order valence-electron chi connectivity index (χ3n) is 7.45. The first-order valence-electron chi connectivity index (χ1n) is 14.0. The lowest BCUT2D eigenvalue weighted by molar-refractivity contribution is -0.274. The number of aryl methyl sites for hydroxylation is 1. The van der Waals surface area contributed by atoms with Crippen LogP contribution in [0.3, 0.4) is 0 Å². The van der Waals surface area contributed by atoms with Gasteiger partial charge in [0.05, 0.1) is 37.1 Å². The molecule has 9 nitrogen and oxygen atoms in total. The van der Waals surface area contributed by atoms with Gasteiger partial charge in [0.25, 0.3) is 12.3 Å². The van der Waals surface area contributed by atoms with Crippen molar-refractivity contribution in [3.63, 3.8) is 0 Å². The molecule has 1 fully saturated rings. The second-order valence-electron chi connectivity index (χ2n) is 10.4. The van der Waals surface area contributed by atoms with Crippen LogP contribution >= 0.6 is 0 Å². The van der Waals surface area contributed by atoms with Crippen LogP contribution in [-0.4, -0.2) is 56.0 Å². The van der Waals surface area contributed by atoms with Gasteiger partial charge in [0.15, 0.2) is 11.6 Å². The van der Waals surface area contributed by atoms with E-state index in [-0.39, 0.29) is 60.5 Å². The molecule has 15 heteroatoms. The Morgan fingerprint density at radius 1 is 1.13 bits per heavy atom. The molecule has 244 valence electrons. The second-order valence-corrected chi connectivity index (χ2v) is 10.4. The highest BCUT2D eigenvalue weighted by Crippen LogP contribution is 2.40. The van der Waals surface area contributed by atoms with Crippen molar-refractivity contribution in [2.24, 2.45) is 5.92 Å². The number of carbonyl (C=O) groups excluding carboxylic acids is 2. The average molecular weight is 644 g/mol. The number of nitrogens with zero attached hydrogens (tertiary/aromatic N) is 2.